The highest BCUT2D eigenvalue weighted by molar-refractivity contribution is 6.33. The van der Waals surface area contributed by atoms with E-state index in [1.54, 1.807) is 0 Å². The first kappa shape index (κ1) is 23.9. The van der Waals surface area contributed by atoms with Crippen LogP contribution < -0.4 is 9.64 Å². The van der Waals surface area contributed by atoms with E-state index in [1.807, 2.05) is 50.2 Å². The minimum Gasteiger partial charge on any atom is -0.481 e. The van der Waals surface area contributed by atoms with Gasteiger partial charge < -0.3 is 24.8 Å². The van der Waals surface area contributed by atoms with Gasteiger partial charge >= 0.3 is 5.97 Å². The largest absolute Gasteiger partial charge is 0.481 e. The summed E-state index contributed by atoms with van der Waals surface area (Å²) in [6.45, 7) is 5.15. The van der Waals surface area contributed by atoms with Crippen LogP contribution in [0.1, 0.15) is 46.0 Å². The van der Waals surface area contributed by atoms with Gasteiger partial charge in [-0.05, 0) is 70.1 Å². The number of nitrogens with zero attached hydrogens (tertiary/aromatic N) is 2. The molecule has 1 atom stereocenters. The molecule has 0 radical (unpaired) electrons. The summed E-state index contributed by atoms with van der Waals surface area (Å²) in [4.78, 5) is 21.8. The molecule has 0 spiro atoms. The van der Waals surface area contributed by atoms with Gasteiger partial charge in [0, 0.05) is 30.4 Å². The van der Waals surface area contributed by atoms with E-state index < -0.39 is 11.4 Å². The number of benzene rings is 1. The Kier molecular flexibility index (Phi) is 6.40. The van der Waals surface area contributed by atoms with Crippen LogP contribution in [0.3, 0.4) is 0 Å². The van der Waals surface area contributed by atoms with E-state index in [9.17, 15) is 15.0 Å². The third-order valence-corrected chi connectivity index (χ3v) is 8.03. The summed E-state index contributed by atoms with van der Waals surface area (Å²) in [6, 6.07) is 11.9. The summed E-state index contributed by atoms with van der Waals surface area (Å²) in [5.74, 6) is 0.0813. The standard InChI is InChI=1S/C27H32ClN3O4/c1-27(2,26(33)34)17-5-9-20(10-6-17)35-24-14-23-22(29-24)13-21(28)25(30-23)16-3-7-18(8-4-16)31-12-11-19(32)15-31/h3-4,7-8,13-14,17,19-20,29,32H,5-6,9-12,15H2,1-2H3,(H,33,34)/t17-,19-,20-/m1/s1. The fourth-order valence-electron chi connectivity index (χ4n) is 5.34. The Hall–Kier alpha value is -2.77. The fourth-order valence-corrected chi connectivity index (χ4v) is 5.60. The van der Waals surface area contributed by atoms with Gasteiger partial charge in [0.25, 0.3) is 0 Å². The minimum atomic E-state index is -0.735. The SMILES string of the molecule is CC(C)(C(=O)O)[C@H]1CC[C@H](Oc2cc3nc(-c4ccc(N5CC[C@@H](O)C5)cc4)c(Cl)cc3[nH]2)CC1. The van der Waals surface area contributed by atoms with Gasteiger partial charge in [-0.3, -0.25) is 4.79 Å². The zero-order valence-electron chi connectivity index (χ0n) is 20.1. The summed E-state index contributed by atoms with van der Waals surface area (Å²) < 4.78 is 6.22. The number of β-amino-alcohol motifs (C(OH)–C–C–N with tert-alkyl or cyclic N) is 1. The van der Waals surface area contributed by atoms with Crippen LogP contribution in [0.15, 0.2) is 36.4 Å². The molecule has 1 aromatic carbocycles. The first-order valence-electron chi connectivity index (χ1n) is 12.3. The van der Waals surface area contributed by atoms with E-state index >= 15 is 0 Å². The van der Waals surface area contributed by atoms with E-state index in [2.05, 4.69) is 9.88 Å². The molecule has 1 saturated heterocycles. The second-order valence-electron chi connectivity index (χ2n) is 10.4. The Morgan fingerprint density at radius 2 is 1.86 bits per heavy atom. The van der Waals surface area contributed by atoms with Crippen molar-refractivity contribution in [3.63, 3.8) is 0 Å². The quantitative estimate of drug-likeness (QED) is 0.415. The summed E-state index contributed by atoms with van der Waals surface area (Å²) in [5.41, 5.74) is 3.62. The number of nitrogens with one attached hydrogen (secondary N) is 1. The van der Waals surface area contributed by atoms with Crippen molar-refractivity contribution in [2.45, 2.75) is 58.2 Å². The van der Waals surface area contributed by atoms with Crippen molar-refractivity contribution in [3.05, 3.63) is 41.4 Å². The second-order valence-corrected chi connectivity index (χ2v) is 10.8. The third kappa shape index (κ3) is 4.84. The summed E-state index contributed by atoms with van der Waals surface area (Å²) in [7, 11) is 0. The molecule has 3 N–H and O–H groups in total. The van der Waals surface area contributed by atoms with Gasteiger partial charge in [0.1, 0.15) is 6.10 Å². The topological polar surface area (TPSA) is 98.7 Å². The number of carboxylic acid groups (broad SMARTS) is 1. The van der Waals surface area contributed by atoms with Crippen LogP contribution in [0.5, 0.6) is 5.88 Å². The van der Waals surface area contributed by atoms with Gasteiger partial charge in [-0.15, -0.1) is 0 Å². The number of aliphatic carboxylic acids is 1. The number of hydrogen-bond donors (Lipinski definition) is 3. The van der Waals surface area contributed by atoms with Crippen LogP contribution in [0.25, 0.3) is 22.3 Å². The van der Waals surface area contributed by atoms with Crippen molar-refractivity contribution in [2.24, 2.45) is 11.3 Å². The maximum atomic E-state index is 11.6. The van der Waals surface area contributed by atoms with Crippen LogP contribution in [-0.2, 0) is 4.79 Å². The Bertz CT molecular complexity index is 1220. The lowest BCUT2D eigenvalue weighted by Gasteiger charge is -2.36. The normalized spacial score (nSPS) is 23.1. The zero-order valence-corrected chi connectivity index (χ0v) is 20.9. The van der Waals surface area contributed by atoms with Crippen molar-refractivity contribution in [1.82, 2.24) is 9.97 Å². The van der Waals surface area contributed by atoms with Crippen LogP contribution in [-0.4, -0.2) is 51.4 Å². The number of hydrogen-bond acceptors (Lipinski definition) is 5. The molecule has 2 fully saturated rings. The van der Waals surface area contributed by atoms with E-state index in [1.165, 1.54) is 0 Å². The number of aromatic nitrogens is 2. The molecule has 8 heteroatoms. The van der Waals surface area contributed by atoms with Gasteiger partial charge in [0.05, 0.1) is 33.3 Å². The zero-order chi connectivity index (χ0) is 24.7. The predicted octanol–water partition coefficient (Wildman–Crippen LogP) is 5.50. The number of H-pyrrole nitrogens is 1. The number of carbonyl (C=O) groups is 1. The number of aliphatic hydroxyl groups is 1. The molecule has 1 aliphatic heterocycles. The Labute approximate surface area is 210 Å². The van der Waals surface area contributed by atoms with Crippen molar-refractivity contribution < 1.29 is 19.7 Å². The van der Waals surface area contributed by atoms with Gasteiger partial charge in [0.2, 0.25) is 0 Å². The molecular formula is C27H32ClN3O4. The predicted molar refractivity (Wildman–Crippen MR) is 137 cm³/mol. The number of ether oxygens (including phenoxy) is 1. The van der Waals surface area contributed by atoms with Gasteiger partial charge in [-0.25, -0.2) is 4.98 Å². The molecule has 3 aromatic rings. The number of carboxylic acids is 1. The molecule has 1 saturated carbocycles. The van der Waals surface area contributed by atoms with Crippen LogP contribution in [0.2, 0.25) is 5.02 Å². The number of aromatic amines is 1. The number of rotatable bonds is 6. The molecule has 2 aromatic heterocycles. The first-order chi connectivity index (χ1) is 16.7. The van der Waals surface area contributed by atoms with Crippen molar-refractivity contribution >= 4 is 34.3 Å². The lowest BCUT2D eigenvalue weighted by molar-refractivity contribution is -0.151. The van der Waals surface area contributed by atoms with E-state index in [4.69, 9.17) is 21.3 Å². The molecule has 7 nitrogen and oxygen atoms in total. The molecule has 0 bridgehead atoms. The van der Waals surface area contributed by atoms with E-state index in [-0.39, 0.29) is 18.1 Å². The smallest absolute Gasteiger partial charge is 0.309 e. The highest BCUT2D eigenvalue weighted by Crippen LogP contribution is 2.40. The van der Waals surface area contributed by atoms with Crippen molar-refractivity contribution in [3.8, 4) is 17.1 Å². The van der Waals surface area contributed by atoms with E-state index in [0.29, 0.717) is 23.1 Å². The molecule has 1 aliphatic carbocycles. The van der Waals surface area contributed by atoms with Crippen molar-refractivity contribution in [1.29, 1.82) is 0 Å². The fraction of sp³-hybridized carbons (Fsp3) is 0.481. The van der Waals surface area contributed by atoms with Gasteiger partial charge in [-0.2, -0.15) is 0 Å². The summed E-state index contributed by atoms with van der Waals surface area (Å²) in [5, 5.41) is 19.9. The molecular weight excluding hydrogens is 466 g/mol. The third-order valence-electron chi connectivity index (χ3n) is 7.74. The number of anilines is 1. The number of aliphatic hydroxyl groups excluding tert-OH is 1. The van der Waals surface area contributed by atoms with E-state index in [0.717, 1.165) is 60.9 Å². The molecule has 35 heavy (non-hydrogen) atoms. The number of pyridine rings is 1. The highest BCUT2D eigenvalue weighted by Gasteiger charge is 2.39. The lowest BCUT2D eigenvalue weighted by atomic mass is 9.70. The molecule has 0 unspecified atom stereocenters. The Balaban J connectivity index is 1.28. The second kappa shape index (κ2) is 9.36. The van der Waals surface area contributed by atoms with Crippen molar-refractivity contribution in [2.75, 3.05) is 18.0 Å². The maximum Gasteiger partial charge on any atom is 0.309 e. The summed E-state index contributed by atoms with van der Waals surface area (Å²) in [6.07, 6.45) is 3.93. The van der Waals surface area contributed by atoms with Gasteiger partial charge in [0.15, 0.2) is 5.88 Å². The maximum absolute atomic E-state index is 11.6. The first-order valence-corrected chi connectivity index (χ1v) is 12.7. The molecule has 2 aliphatic rings. The molecule has 3 heterocycles. The Morgan fingerprint density at radius 3 is 2.49 bits per heavy atom. The Morgan fingerprint density at radius 1 is 1.14 bits per heavy atom. The highest BCUT2D eigenvalue weighted by atomic mass is 35.5. The molecule has 0 amide bonds. The van der Waals surface area contributed by atoms with Crippen LogP contribution in [0.4, 0.5) is 5.69 Å². The van der Waals surface area contributed by atoms with Crippen LogP contribution in [0, 0.1) is 11.3 Å². The lowest BCUT2D eigenvalue weighted by Crippen LogP contribution is -2.37. The average molecular weight is 498 g/mol. The monoisotopic (exact) mass is 497 g/mol. The molecule has 5 rings (SSSR count). The summed E-state index contributed by atoms with van der Waals surface area (Å²) >= 11 is 6.59. The van der Waals surface area contributed by atoms with Gasteiger partial charge in [-0.1, -0.05) is 23.7 Å². The number of halogens is 1. The van der Waals surface area contributed by atoms with Crippen LogP contribution >= 0.6 is 11.6 Å². The molecule has 186 valence electrons. The number of fused-ring (bicyclic) bond motifs is 1. The average Bonchev–Trinajstić information content (AvgIpc) is 3.44. The minimum absolute atomic E-state index is 0.0514.